The Morgan fingerprint density at radius 1 is 1.16 bits per heavy atom. The highest BCUT2D eigenvalue weighted by Gasteiger charge is 2.16. The molecule has 5 heteroatoms. The average Bonchev–Trinajstić information content (AvgIpc) is 2.64. The minimum Gasteiger partial charge on any atom is -0.489 e. The van der Waals surface area contributed by atoms with Gasteiger partial charge in [-0.15, -0.1) is 0 Å². The number of benzene rings is 2. The summed E-state index contributed by atoms with van der Waals surface area (Å²) < 4.78 is 5.77. The van der Waals surface area contributed by atoms with E-state index in [0.29, 0.717) is 17.9 Å². The molecular formula is C20H26N2O3. The maximum atomic E-state index is 12.0. The van der Waals surface area contributed by atoms with Gasteiger partial charge in [0.25, 0.3) is 0 Å². The number of hydrogen-bond donors (Lipinski definition) is 2. The zero-order valence-electron chi connectivity index (χ0n) is 15.0. The van der Waals surface area contributed by atoms with E-state index < -0.39 is 6.10 Å². The largest absolute Gasteiger partial charge is 0.489 e. The number of hydrogen-bond acceptors (Lipinski definition) is 4. The van der Waals surface area contributed by atoms with Gasteiger partial charge in [0.1, 0.15) is 12.4 Å². The monoisotopic (exact) mass is 342 g/mol. The Labute approximate surface area is 149 Å². The fraction of sp³-hybridized carbons (Fsp3) is 0.350. The molecule has 0 aliphatic heterocycles. The number of ether oxygens (including phenoxy) is 1. The van der Waals surface area contributed by atoms with Gasteiger partial charge in [0.2, 0.25) is 5.91 Å². The lowest BCUT2D eigenvalue weighted by Gasteiger charge is -2.20. The lowest BCUT2D eigenvalue weighted by Crippen LogP contribution is -2.42. The Kier molecular flexibility index (Phi) is 6.98. The van der Waals surface area contributed by atoms with Crippen molar-refractivity contribution < 1.29 is 14.6 Å². The fourth-order valence-electron chi connectivity index (χ4n) is 2.25. The number of carbonyl (C=O) groups is 1. The van der Waals surface area contributed by atoms with E-state index in [0.717, 1.165) is 5.56 Å². The van der Waals surface area contributed by atoms with E-state index in [2.05, 4.69) is 5.32 Å². The summed E-state index contributed by atoms with van der Waals surface area (Å²) in [5.41, 5.74) is 1.79. The van der Waals surface area contributed by atoms with Crippen LogP contribution in [0.4, 0.5) is 0 Å². The maximum absolute atomic E-state index is 12.0. The second-order valence-corrected chi connectivity index (χ2v) is 6.25. The molecule has 5 nitrogen and oxygen atoms in total. The molecule has 2 aromatic rings. The van der Waals surface area contributed by atoms with Gasteiger partial charge in [0, 0.05) is 6.54 Å². The molecule has 0 saturated carbocycles. The van der Waals surface area contributed by atoms with Crippen molar-refractivity contribution >= 4 is 5.91 Å². The van der Waals surface area contributed by atoms with E-state index in [9.17, 15) is 9.90 Å². The third kappa shape index (κ3) is 5.89. The summed E-state index contributed by atoms with van der Waals surface area (Å²) in [6, 6.07) is 17.0. The van der Waals surface area contributed by atoms with Gasteiger partial charge in [-0.2, -0.15) is 0 Å². The van der Waals surface area contributed by atoms with Gasteiger partial charge in [-0.05, 0) is 44.3 Å². The molecule has 0 aliphatic carbocycles. The molecule has 1 unspecified atom stereocenters. The van der Waals surface area contributed by atoms with Crippen LogP contribution in [0.25, 0.3) is 0 Å². The molecule has 0 radical (unpaired) electrons. The van der Waals surface area contributed by atoms with Gasteiger partial charge in [-0.3, -0.25) is 9.69 Å². The Morgan fingerprint density at radius 2 is 1.88 bits per heavy atom. The molecule has 0 aliphatic rings. The molecule has 2 atom stereocenters. The van der Waals surface area contributed by atoms with Crippen LogP contribution in [0.3, 0.4) is 0 Å². The van der Waals surface area contributed by atoms with E-state index in [4.69, 9.17) is 4.74 Å². The summed E-state index contributed by atoms with van der Waals surface area (Å²) in [5, 5.41) is 13.1. The Hall–Kier alpha value is -2.37. The van der Waals surface area contributed by atoms with Gasteiger partial charge in [0.05, 0.1) is 12.1 Å². The smallest absolute Gasteiger partial charge is 0.237 e. The molecule has 134 valence electrons. The van der Waals surface area contributed by atoms with Crippen LogP contribution >= 0.6 is 0 Å². The van der Waals surface area contributed by atoms with Crippen molar-refractivity contribution in [1.29, 1.82) is 0 Å². The second-order valence-electron chi connectivity index (χ2n) is 6.25. The van der Waals surface area contributed by atoms with E-state index in [1.807, 2.05) is 74.4 Å². The number of carbonyl (C=O) groups excluding carboxylic acids is 1. The van der Waals surface area contributed by atoms with Crippen LogP contribution in [0.1, 0.15) is 24.2 Å². The quantitative estimate of drug-likeness (QED) is 0.773. The van der Waals surface area contributed by atoms with Crippen LogP contribution in [0.15, 0.2) is 54.6 Å². The Morgan fingerprint density at radius 3 is 2.56 bits per heavy atom. The van der Waals surface area contributed by atoms with Crippen molar-refractivity contribution in [3.05, 3.63) is 65.7 Å². The third-order valence-corrected chi connectivity index (χ3v) is 4.11. The molecule has 0 saturated heterocycles. The van der Waals surface area contributed by atoms with E-state index >= 15 is 0 Å². The number of likely N-dealkylation sites (N-methyl/N-ethyl adjacent to an activating group) is 1. The predicted octanol–water partition coefficient (Wildman–Crippen LogP) is 2.37. The van der Waals surface area contributed by atoms with E-state index in [1.165, 1.54) is 0 Å². The van der Waals surface area contributed by atoms with E-state index in [1.54, 1.807) is 6.07 Å². The topological polar surface area (TPSA) is 61.8 Å². The molecule has 1 amide bonds. The summed E-state index contributed by atoms with van der Waals surface area (Å²) in [7, 11) is 3.68. The number of nitrogens with zero attached hydrogens (tertiary/aromatic N) is 1. The average molecular weight is 342 g/mol. The second kappa shape index (κ2) is 9.20. The van der Waals surface area contributed by atoms with Gasteiger partial charge in [0.15, 0.2) is 0 Å². The summed E-state index contributed by atoms with van der Waals surface area (Å²) in [6.07, 6.45) is -0.779. The van der Waals surface area contributed by atoms with Crippen LogP contribution in [-0.2, 0) is 11.4 Å². The minimum absolute atomic E-state index is 0.111. The SMILES string of the molecule is C[C@@H](C(=O)NCC(O)c1cccc(OCc2ccccc2)c1)N(C)C. The van der Waals surface area contributed by atoms with Crippen LogP contribution in [0, 0.1) is 0 Å². The molecule has 0 aromatic heterocycles. The number of aliphatic hydroxyl groups excluding tert-OH is 1. The molecular weight excluding hydrogens is 316 g/mol. The summed E-state index contributed by atoms with van der Waals surface area (Å²) >= 11 is 0. The van der Waals surface area contributed by atoms with Crippen LogP contribution in [0.5, 0.6) is 5.75 Å². The third-order valence-electron chi connectivity index (χ3n) is 4.11. The van der Waals surface area contributed by atoms with Gasteiger partial charge < -0.3 is 15.2 Å². The first kappa shape index (κ1) is 19.0. The van der Waals surface area contributed by atoms with Crippen LogP contribution < -0.4 is 10.1 Å². The molecule has 0 spiro atoms. The van der Waals surface area contributed by atoms with Crippen molar-refractivity contribution in [3.63, 3.8) is 0 Å². The molecule has 2 aromatic carbocycles. The lowest BCUT2D eigenvalue weighted by atomic mass is 10.1. The van der Waals surface area contributed by atoms with Crippen molar-refractivity contribution in [2.75, 3.05) is 20.6 Å². The first-order valence-electron chi connectivity index (χ1n) is 8.36. The predicted molar refractivity (Wildman–Crippen MR) is 98.3 cm³/mol. The number of rotatable bonds is 8. The molecule has 0 bridgehead atoms. The summed E-state index contributed by atoms with van der Waals surface area (Å²) in [6.45, 7) is 2.45. The van der Waals surface area contributed by atoms with Crippen molar-refractivity contribution in [1.82, 2.24) is 10.2 Å². The zero-order chi connectivity index (χ0) is 18.2. The van der Waals surface area contributed by atoms with Gasteiger partial charge in [-0.1, -0.05) is 42.5 Å². The van der Waals surface area contributed by atoms with E-state index in [-0.39, 0.29) is 18.5 Å². The molecule has 25 heavy (non-hydrogen) atoms. The maximum Gasteiger partial charge on any atom is 0.237 e. The number of amides is 1. The summed E-state index contributed by atoms with van der Waals surface area (Å²) in [4.78, 5) is 13.8. The van der Waals surface area contributed by atoms with Crippen molar-refractivity contribution in [3.8, 4) is 5.75 Å². The molecule has 0 fully saturated rings. The Balaban J connectivity index is 1.90. The number of nitrogens with one attached hydrogen (secondary N) is 1. The highest BCUT2D eigenvalue weighted by atomic mass is 16.5. The van der Waals surface area contributed by atoms with Gasteiger partial charge >= 0.3 is 0 Å². The fourth-order valence-corrected chi connectivity index (χ4v) is 2.25. The van der Waals surface area contributed by atoms with Crippen LogP contribution in [-0.4, -0.2) is 42.6 Å². The molecule has 2 rings (SSSR count). The number of aliphatic hydroxyl groups is 1. The Bertz CT molecular complexity index is 674. The normalized spacial score (nSPS) is 13.3. The first-order valence-corrected chi connectivity index (χ1v) is 8.36. The van der Waals surface area contributed by atoms with Crippen molar-refractivity contribution in [2.24, 2.45) is 0 Å². The van der Waals surface area contributed by atoms with Crippen molar-refractivity contribution in [2.45, 2.75) is 25.7 Å². The molecule has 2 N–H and O–H groups in total. The highest BCUT2D eigenvalue weighted by Crippen LogP contribution is 2.20. The zero-order valence-corrected chi connectivity index (χ0v) is 15.0. The first-order chi connectivity index (χ1) is 12.0. The minimum atomic E-state index is -0.779. The van der Waals surface area contributed by atoms with Gasteiger partial charge in [-0.25, -0.2) is 0 Å². The van der Waals surface area contributed by atoms with Crippen LogP contribution in [0.2, 0.25) is 0 Å². The summed E-state index contributed by atoms with van der Waals surface area (Å²) in [5.74, 6) is 0.578. The standard InChI is InChI=1S/C20H26N2O3/c1-15(22(2)3)20(24)21-13-19(23)17-10-7-11-18(12-17)25-14-16-8-5-4-6-9-16/h4-12,15,19,23H,13-14H2,1-3H3,(H,21,24)/t15-,19?/m0/s1. The lowest BCUT2D eigenvalue weighted by molar-refractivity contribution is -0.125. The highest BCUT2D eigenvalue weighted by molar-refractivity contribution is 5.81. The molecule has 0 heterocycles.